The summed E-state index contributed by atoms with van der Waals surface area (Å²) in [5.41, 5.74) is -0.700. The summed E-state index contributed by atoms with van der Waals surface area (Å²) >= 11 is 1.51. The lowest BCUT2D eigenvalue weighted by Crippen LogP contribution is -2.09. The van der Waals surface area contributed by atoms with Crippen LogP contribution in [0.4, 0.5) is 19.0 Å². The average molecular weight is 273 g/mol. The van der Waals surface area contributed by atoms with Crippen molar-refractivity contribution in [2.24, 2.45) is 0 Å². The van der Waals surface area contributed by atoms with E-state index in [1.54, 1.807) is 6.20 Å². The van der Waals surface area contributed by atoms with Crippen molar-refractivity contribution in [2.45, 2.75) is 12.6 Å². The van der Waals surface area contributed by atoms with Crippen LogP contribution in [-0.2, 0) is 12.6 Å². The highest BCUT2D eigenvalue weighted by atomic mass is 32.1. The lowest BCUT2D eigenvalue weighted by molar-refractivity contribution is -0.137. The first kappa shape index (κ1) is 12.8. The molecule has 0 aliphatic rings. The largest absolute Gasteiger partial charge is 0.416 e. The molecule has 0 aliphatic heterocycles. The normalized spacial score (nSPS) is 11.5. The third kappa shape index (κ3) is 3.43. The molecule has 0 spiro atoms. The predicted molar refractivity (Wildman–Crippen MR) is 63.5 cm³/mol. The van der Waals surface area contributed by atoms with Crippen LogP contribution in [0.25, 0.3) is 0 Å². The van der Waals surface area contributed by atoms with E-state index in [1.165, 1.54) is 11.3 Å². The second-order valence-corrected chi connectivity index (χ2v) is 4.51. The molecule has 0 fully saturated rings. The number of thiazole rings is 1. The zero-order chi connectivity index (χ0) is 13.0. The Morgan fingerprint density at radius 3 is 2.72 bits per heavy atom. The topological polar surface area (TPSA) is 37.8 Å². The fourth-order valence-corrected chi connectivity index (χ4v) is 2.00. The maximum atomic E-state index is 12.4. The number of alkyl halides is 3. The molecule has 3 nitrogen and oxygen atoms in total. The molecule has 0 radical (unpaired) electrons. The second kappa shape index (κ2) is 5.34. The highest BCUT2D eigenvalue weighted by Gasteiger charge is 2.30. The maximum absolute atomic E-state index is 12.4. The van der Waals surface area contributed by atoms with Crippen LogP contribution in [0.2, 0.25) is 0 Å². The molecule has 0 aromatic carbocycles. The summed E-state index contributed by atoms with van der Waals surface area (Å²) in [5, 5.41) is 5.65. The number of pyridine rings is 1. The second-order valence-electron chi connectivity index (χ2n) is 3.53. The van der Waals surface area contributed by atoms with Crippen molar-refractivity contribution in [1.29, 1.82) is 0 Å². The van der Waals surface area contributed by atoms with Gasteiger partial charge in [0.2, 0.25) is 0 Å². The van der Waals surface area contributed by atoms with Crippen LogP contribution in [0.3, 0.4) is 0 Å². The number of nitrogens with one attached hydrogen (secondary N) is 1. The van der Waals surface area contributed by atoms with E-state index in [0.29, 0.717) is 13.0 Å². The minimum absolute atomic E-state index is 0.224. The van der Waals surface area contributed by atoms with Crippen molar-refractivity contribution in [1.82, 2.24) is 9.97 Å². The quantitative estimate of drug-likeness (QED) is 0.929. The van der Waals surface area contributed by atoms with Crippen LogP contribution in [0.1, 0.15) is 10.6 Å². The molecular formula is C11H10F3N3S. The molecule has 2 heterocycles. The van der Waals surface area contributed by atoms with Crippen LogP contribution in [0.15, 0.2) is 29.9 Å². The molecule has 96 valence electrons. The minimum atomic E-state index is -4.34. The molecule has 2 rings (SSSR count). The summed E-state index contributed by atoms with van der Waals surface area (Å²) < 4.78 is 37.3. The van der Waals surface area contributed by atoms with Gasteiger partial charge in [-0.1, -0.05) is 0 Å². The zero-order valence-corrected chi connectivity index (χ0v) is 10.1. The van der Waals surface area contributed by atoms with Gasteiger partial charge in [0.1, 0.15) is 5.82 Å². The Bertz CT molecular complexity index is 496. The molecule has 0 saturated carbocycles. The van der Waals surface area contributed by atoms with Crippen LogP contribution in [-0.4, -0.2) is 16.5 Å². The highest BCUT2D eigenvalue weighted by Crippen LogP contribution is 2.29. The van der Waals surface area contributed by atoms with Gasteiger partial charge in [-0.25, -0.2) is 9.97 Å². The SMILES string of the molecule is FC(F)(F)c1ccnc(NCCc2nccs2)c1. The minimum Gasteiger partial charge on any atom is -0.370 e. The molecule has 0 aliphatic carbocycles. The van der Waals surface area contributed by atoms with E-state index in [0.717, 1.165) is 23.3 Å². The first-order valence-corrected chi connectivity index (χ1v) is 6.09. The van der Waals surface area contributed by atoms with Gasteiger partial charge in [-0.3, -0.25) is 0 Å². The molecule has 0 amide bonds. The Kier molecular flexibility index (Phi) is 3.81. The van der Waals surface area contributed by atoms with Crippen LogP contribution in [0.5, 0.6) is 0 Å². The number of aromatic nitrogens is 2. The molecule has 18 heavy (non-hydrogen) atoms. The first-order valence-electron chi connectivity index (χ1n) is 5.21. The van der Waals surface area contributed by atoms with Gasteiger partial charge in [0.15, 0.2) is 0 Å². The third-order valence-electron chi connectivity index (χ3n) is 2.22. The van der Waals surface area contributed by atoms with E-state index in [-0.39, 0.29) is 5.82 Å². The lowest BCUT2D eigenvalue weighted by atomic mass is 10.2. The summed E-state index contributed by atoms with van der Waals surface area (Å²) in [6, 6.07) is 1.95. The fraction of sp³-hybridized carbons (Fsp3) is 0.273. The monoisotopic (exact) mass is 273 g/mol. The van der Waals surface area contributed by atoms with Crippen LogP contribution >= 0.6 is 11.3 Å². The predicted octanol–water partition coefficient (Wildman–Crippen LogP) is 3.21. The van der Waals surface area contributed by atoms with Gasteiger partial charge in [0.05, 0.1) is 10.6 Å². The molecule has 1 N–H and O–H groups in total. The molecule has 0 atom stereocenters. The van der Waals surface area contributed by atoms with Crippen LogP contribution < -0.4 is 5.32 Å². The van der Waals surface area contributed by atoms with Gasteiger partial charge in [0.25, 0.3) is 0 Å². The van der Waals surface area contributed by atoms with E-state index in [1.807, 2.05) is 5.38 Å². The molecule has 0 bridgehead atoms. The van der Waals surface area contributed by atoms with Gasteiger partial charge in [-0.2, -0.15) is 13.2 Å². The van der Waals surface area contributed by atoms with Gasteiger partial charge in [-0.05, 0) is 12.1 Å². The fourth-order valence-electron chi connectivity index (χ4n) is 1.38. The number of hydrogen-bond donors (Lipinski definition) is 1. The van der Waals surface area contributed by atoms with Crippen molar-refractivity contribution in [3.8, 4) is 0 Å². The van der Waals surface area contributed by atoms with E-state index in [4.69, 9.17) is 0 Å². The van der Waals surface area contributed by atoms with Crippen molar-refractivity contribution < 1.29 is 13.2 Å². The van der Waals surface area contributed by atoms with Gasteiger partial charge < -0.3 is 5.32 Å². The molecule has 2 aromatic heterocycles. The van der Waals surface area contributed by atoms with Crippen molar-refractivity contribution in [2.75, 3.05) is 11.9 Å². The van der Waals surface area contributed by atoms with Crippen molar-refractivity contribution in [3.05, 3.63) is 40.5 Å². The Labute approximate surface area is 106 Å². The molecular weight excluding hydrogens is 263 g/mol. The number of halogens is 3. The summed E-state index contributed by atoms with van der Waals surface area (Å²) in [6.07, 6.45) is -0.832. The standard InChI is InChI=1S/C11H10F3N3S/c12-11(13,14)8-1-3-15-9(7-8)16-4-2-10-17-5-6-18-10/h1,3,5-7H,2,4H2,(H,15,16). The van der Waals surface area contributed by atoms with Crippen molar-refractivity contribution >= 4 is 17.2 Å². The third-order valence-corrected chi connectivity index (χ3v) is 3.06. The first-order chi connectivity index (χ1) is 8.55. The Balaban J connectivity index is 1.93. The van der Waals surface area contributed by atoms with E-state index in [9.17, 15) is 13.2 Å². The number of anilines is 1. The molecule has 0 unspecified atom stereocenters. The molecule has 0 saturated heterocycles. The highest BCUT2D eigenvalue weighted by molar-refractivity contribution is 7.09. The van der Waals surface area contributed by atoms with Gasteiger partial charge in [-0.15, -0.1) is 11.3 Å². The Morgan fingerprint density at radius 1 is 1.22 bits per heavy atom. The zero-order valence-electron chi connectivity index (χ0n) is 9.24. The molecule has 2 aromatic rings. The molecule has 7 heteroatoms. The Hall–Kier alpha value is -1.63. The van der Waals surface area contributed by atoms with E-state index in [2.05, 4.69) is 15.3 Å². The maximum Gasteiger partial charge on any atom is 0.416 e. The number of hydrogen-bond acceptors (Lipinski definition) is 4. The van der Waals surface area contributed by atoms with Gasteiger partial charge in [0, 0.05) is 30.7 Å². The summed E-state index contributed by atoms with van der Waals surface area (Å²) in [4.78, 5) is 7.93. The summed E-state index contributed by atoms with van der Waals surface area (Å²) in [7, 11) is 0. The summed E-state index contributed by atoms with van der Waals surface area (Å²) in [6.45, 7) is 0.502. The number of rotatable bonds is 4. The average Bonchev–Trinajstić information content (AvgIpc) is 2.81. The van der Waals surface area contributed by atoms with Crippen molar-refractivity contribution in [3.63, 3.8) is 0 Å². The lowest BCUT2D eigenvalue weighted by Gasteiger charge is -2.09. The Morgan fingerprint density at radius 2 is 2.06 bits per heavy atom. The van der Waals surface area contributed by atoms with E-state index >= 15 is 0 Å². The van der Waals surface area contributed by atoms with E-state index < -0.39 is 11.7 Å². The smallest absolute Gasteiger partial charge is 0.370 e. The van der Waals surface area contributed by atoms with Crippen LogP contribution in [0, 0.1) is 0 Å². The number of nitrogens with zero attached hydrogens (tertiary/aromatic N) is 2. The van der Waals surface area contributed by atoms with Gasteiger partial charge >= 0.3 is 6.18 Å². The summed E-state index contributed by atoms with van der Waals surface area (Å²) in [5.74, 6) is 0.224.